The van der Waals surface area contributed by atoms with Crippen LogP contribution in [0.3, 0.4) is 0 Å². The number of fused-ring (bicyclic) bond motifs is 1. The topological polar surface area (TPSA) is 120 Å². The average Bonchev–Trinajstić information content (AvgIpc) is 3.43. The van der Waals surface area contributed by atoms with Crippen LogP contribution < -0.4 is 25.8 Å². The number of primary amides is 1. The molecule has 0 bridgehead atoms. The van der Waals surface area contributed by atoms with Crippen LogP contribution in [-0.2, 0) is 24.3 Å². The highest BCUT2D eigenvalue weighted by Gasteiger charge is 2.28. The van der Waals surface area contributed by atoms with Gasteiger partial charge >= 0.3 is 0 Å². The molecule has 0 saturated heterocycles. The minimum absolute atomic E-state index is 0.0346. The number of methoxy groups -OCH3 is 1. The van der Waals surface area contributed by atoms with E-state index in [0.29, 0.717) is 36.0 Å². The molecule has 0 radical (unpaired) electrons. The molecule has 0 aliphatic carbocycles. The van der Waals surface area contributed by atoms with Crippen molar-refractivity contribution in [1.82, 2.24) is 20.2 Å². The van der Waals surface area contributed by atoms with Gasteiger partial charge in [0.1, 0.15) is 17.5 Å². The Balaban J connectivity index is 1.27. The van der Waals surface area contributed by atoms with Gasteiger partial charge in [-0.3, -0.25) is 9.59 Å². The fraction of sp³-hybridized carbons (Fsp3) is 0.258. The van der Waals surface area contributed by atoms with E-state index in [0.717, 1.165) is 34.6 Å². The summed E-state index contributed by atoms with van der Waals surface area (Å²) in [6.07, 6.45) is 4.66. The molecule has 1 aliphatic heterocycles. The molecular weight excluding hydrogens is 542 g/mol. The van der Waals surface area contributed by atoms with Crippen molar-refractivity contribution < 1.29 is 19.1 Å². The lowest BCUT2D eigenvalue weighted by atomic mass is 9.96. The van der Waals surface area contributed by atoms with Gasteiger partial charge in [0.15, 0.2) is 0 Å². The number of amides is 2. The molecule has 0 spiro atoms. The van der Waals surface area contributed by atoms with Crippen molar-refractivity contribution in [1.29, 1.82) is 0 Å². The number of nitrogens with zero attached hydrogens (tertiary/aromatic N) is 2. The van der Waals surface area contributed by atoms with Gasteiger partial charge in [-0.25, -0.2) is 4.98 Å². The molecule has 4 N–H and O–H groups in total. The Morgan fingerprint density at radius 1 is 1.15 bits per heavy atom. The Hall–Kier alpha value is -4.34. The van der Waals surface area contributed by atoms with E-state index in [1.807, 2.05) is 42.9 Å². The van der Waals surface area contributed by atoms with E-state index >= 15 is 0 Å². The third kappa shape index (κ3) is 6.87. The second-order valence-corrected chi connectivity index (χ2v) is 10.4. The number of halogens is 1. The fourth-order valence-corrected chi connectivity index (χ4v) is 5.09. The first-order valence-corrected chi connectivity index (χ1v) is 13.7. The second kappa shape index (κ2) is 12.9. The fourth-order valence-electron chi connectivity index (χ4n) is 4.96. The monoisotopic (exact) mass is 573 g/mol. The molecule has 5 rings (SSSR count). The average molecular weight is 574 g/mol. The molecule has 2 amide bonds. The number of carbonyl (C=O) groups excluding carboxylic acids is 2. The Morgan fingerprint density at radius 2 is 1.95 bits per heavy atom. The number of nitrogens with one attached hydrogen (secondary N) is 2. The largest absolute Gasteiger partial charge is 0.497 e. The third-order valence-electron chi connectivity index (χ3n) is 7.14. The molecule has 9 nitrogen and oxygen atoms in total. The van der Waals surface area contributed by atoms with E-state index in [1.165, 1.54) is 0 Å². The van der Waals surface area contributed by atoms with Crippen molar-refractivity contribution in [2.75, 3.05) is 13.7 Å². The van der Waals surface area contributed by atoms with Crippen LogP contribution in [0, 0.1) is 0 Å². The lowest BCUT2D eigenvalue weighted by Gasteiger charge is -2.28. The van der Waals surface area contributed by atoms with E-state index in [2.05, 4.69) is 26.3 Å². The minimum atomic E-state index is -0.887. The summed E-state index contributed by atoms with van der Waals surface area (Å²) in [6.45, 7) is 1.69. The van der Waals surface area contributed by atoms with Crippen molar-refractivity contribution in [2.45, 2.75) is 38.0 Å². The molecule has 4 aromatic rings. The third-order valence-corrected chi connectivity index (χ3v) is 7.39. The number of imidazole rings is 1. The van der Waals surface area contributed by atoms with Gasteiger partial charge < -0.3 is 30.4 Å². The zero-order valence-corrected chi connectivity index (χ0v) is 23.4. The summed E-state index contributed by atoms with van der Waals surface area (Å²) < 4.78 is 13.4. The van der Waals surface area contributed by atoms with Gasteiger partial charge in [0.2, 0.25) is 5.91 Å². The van der Waals surface area contributed by atoms with E-state index in [9.17, 15) is 9.59 Å². The first-order valence-electron chi connectivity index (χ1n) is 13.4. The zero-order valence-electron chi connectivity index (χ0n) is 22.7. The van der Waals surface area contributed by atoms with Crippen LogP contribution in [0.4, 0.5) is 0 Å². The molecule has 2 atom stereocenters. The highest BCUT2D eigenvalue weighted by molar-refractivity contribution is 6.30. The van der Waals surface area contributed by atoms with Crippen LogP contribution in [0.15, 0.2) is 79.3 Å². The Bertz CT molecular complexity index is 1520. The van der Waals surface area contributed by atoms with Crippen molar-refractivity contribution >= 4 is 23.4 Å². The van der Waals surface area contributed by atoms with Crippen LogP contribution in [0.25, 0.3) is 0 Å². The molecule has 1 aliphatic rings. The highest BCUT2D eigenvalue weighted by Crippen LogP contribution is 2.35. The van der Waals surface area contributed by atoms with Crippen LogP contribution in [0.1, 0.15) is 45.2 Å². The number of aromatic nitrogens is 2. The molecule has 10 heteroatoms. The summed E-state index contributed by atoms with van der Waals surface area (Å²) >= 11 is 5.97. The van der Waals surface area contributed by atoms with E-state index in [4.69, 9.17) is 26.8 Å². The van der Waals surface area contributed by atoms with E-state index < -0.39 is 17.9 Å². The predicted molar refractivity (Wildman–Crippen MR) is 156 cm³/mol. The highest BCUT2D eigenvalue weighted by atomic mass is 35.5. The predicted octanol–water partition coefficient (Wildman–Crippen LogP) is 4.03. The Morgan fingerprint density at radius 3 is 2.73 bits per heavy atom. The molecule has 2 heterocycles. The molecule has 0 saturated carbocycles. The smallest absolute Gasteiger partial charge is 0.255 e. The molecule has 2 unspecified atom stereocenters. The molecule has 3 aromatic carbocycles. The van der Waals surface area contributed by atoms with Crippen molar-refractivity contribution in [2.24, 2.45) is 5.73 Å². The summed E-state index contributed by atoms with van der Waals surface area (Å²) in [5.74, 6) is 0.280. The minimum Gasteiger partial charge on any atom is -0.497 e. The van der Waals surface area contributed by atoms with Gasteiger partial charge in [0, 0.05) is 48.8 Å². The number of carbonyl (C=O) groups is 2. The first kappa shape index (κ1) is 28.2. The quantitative estimate of drug-likeness (QED) is 0.249. The van der Waals surface area contributed by atoms with Gasteiger partial charge in [-0.15, -0.1) is 0 Å². The van der Waals surface area contributed by atoms with Crippen LogP contribution in [-0.4, -0.2) is 41.1 Å². The van der Waals surface area contributed by atoms with E-state index in [-0.39, 0.29) is 12.5 Å². The number of rotatable bonds is 11. The number of para-hydroxylation sites is 1. The van der Waals surface area contributed by atoms with Crippen LogP contribution in [0.2, 0.25) is 5.02 Å². The summed E-state index contributed by atoms with van der Waals surface area (Å²) in [6, 6.07) is 19.6. The zero-order chi connectivity index (χ0) is 28.8. The molecule has 1 aromatic heterocycles. The number of benzene rings is 3. The number of hydrogen-bond donors (Lipinski definition) is 3. The standard InChI is InChI=1S/C31H32ClN5O4/c1-40-24-5-2-4-21(14-24)18-37-19-34-16-23(37)17-35-27-12-13-41-29-25(27)6-3-7-26(29)31(39)36-28(30(33)38)15-20-8-10-22(32)11-9-20/h2-11,14,16,19,27-28,35H,12-13,15,17-18H2,1H3,(H2,33,38)(H,36,39). The molecular formula is C31H32ClN5O4. The van der Waals surface area contributed by atoms with Crippen LogP contribution >= 0.6 is 11.6 Å². The number of hydrogen-bond acceptors (Lipinski definition) is 6. The Kier molecular flexibility index (Phi) is 8.86. The van der Waals surface area contributed by atoms with Crippen molar-refractivity contribution in [3.05, 3.63) is 112 Å². The summed E-state index contributed by atoms with van der Waals surface area (Å²) in [5, 5.41) is 6.98. The van der Waals surface area contributed by atoms with Crippen molar-refractivity contribution in [3.8, 4) is 11.5 Å². The normalized spacial score (nSPS) is 14.9. The maximum Gasteiger partial charge on any atom is 0.255 e. The maximum atomic E-state index is 13.3. The Labute approximate surface area is 243 Å². The lowest BCUT2D eigenvalue weighted by Crippen LogP contribution is -2.46. The lowest BCUT2D eigenvalue weighted by molar-refractivity contribution is -0.119. The van der Waals surface area contributed by atoms with E-state index in [1.54, 1.807) is 37.4 Å². The van der Waals surface area contributed by atoms with Gasteiger partial charge in [0.05, 0.1) is 31.3 Å². The first-order chi connectivity index (χ1) is 19.9. The number of nitrogens with two attached hydrogens (primary N) is 1. The van der Waals surface area contributed by atoms with Gasteiger partial charge in [-0.05, 0) is 41.5 Å². The van der Waals surface area contributed by atoms with Crippen LogP contribution in [0.5, 0.6) is 11.5 Å². The summed E-state index contributed by atoms with van der Waals surface area (Å²) in [5.41, 5.74) is 9.85. The molecule has 41 heavy (non-hydrogen) atoms. The molecule has 0 fully saturated rings. The maximum absolute atomic E-state index is 13.3. The van der Waals surface area contributed by atoms with Gasteiger partial charge in [-0.2, -0.15) is 0 Å². The summed E-state index contributed by atoms with van der Waals surface area (Å²) in [7, 11) is 1.66. The number of ether oxygens (including phenoxy) is 2. The molecule has 212 valence electrons. The second-order valence-electron chi connectivity index (χ2n) is 9.92. The summed E-state index contributed by atoms with van der Waals surface area (Å²) in [4.78, 5) is 29.9. The van der Waals surface area contributed by atoms with Gasteiger partial charge in [0.25, 0.3) is 5.91 Å². The van der Waals surface area contributed by atoms with Crippen molar-refractivity contribution in [3.63, 3.8) is 0 Å². The van der Waals surface area contributed by atoms with Gasteiger partial charge in [-0.1, -0.05) is 48.0 Å². The SMILES string of the molecule is COc1cccc(Cn2cncc2CNC2CCOc3c(C(=O)NC(Cc4ccc(Cl)cc4)C(N)=O)cccc32)c1.